The predicted octanol–water partition coefficient (Wildman–Crippen LogP) is 1.07. The van der Waals surface area contributed by atoms with Gasteiger partial charge in [0, 0.05) is 10.7 Å². The van der Waals surface area contributed by atoms with Gasteiger partial charge in [0.2, 0.25) is 0 Å². The molecule has 0 aliphatic rings. The van der Waals surface area contributed by atoms with Gasteiger partial charge in [-0.3, -0.25) is 4.79 Å². The lowest BCUT2D eigenvalue weighted by atomic mass is 10.2. The van der Waals surface area contributed by atoms with E-state index in [-0.39, 0.29) is 11.7 Å². The van der Waals surface area contributed by atoms with Gasteiger partial charge in [0.05, 0.1) is 5.56 Å². The maximum Gasteiger partial charge on any atom is 0.290 e. The number of amides is 1. The van der Waals surface area contributed by atoms with Crippen LogP contribution in [0.3, 0.4) is 0 Å². The minimum absolute atomic E-state index is 0.105. The molecule has 1 heterocycles. The fourth-order valence-electron chi connectivity index (χ4n) is 1.15. The number of hydrogen-bond acceptors (Lipinski definition) is 5. The Hall–Kier alpha value is -2.08. The van der Waals surface area contributed by atoms with E-state index in [1.807, 2.05) is 0 Å². The maximum atomic E-state index is 10.8. The van der Waals surface area contributed by atoms with Gasteiger partial charge in [-0.1, -0.05) is 16.8 Å². The SMILES string of the molecule is NC(=O)c1noc(-c2cc(Cl)ccc2N)n1. The monoisotopic (exact) mass is 238 g/mol. The van der Waals surface area contributed by atoms with Crippen molar-refractivity contribution < 1.29 is 9.32 Å². The molecule has 0 radical (unpaired) electrons. The van der Waals surface area contributed by atoms with Gasteiger partial charge in [-0.25, -0.2) is 0 Å². The van der Waals surface area contributed by atoms with Crippen LogP contribution in [-0.4, -0.2) is 16.0 Å². The standard InChI is InChI=1S/C9H7ClN4O2/c10-4-1-2-6(11)5(3-4)9-13-8(7(12)15)14-16-9/h1-3H,11H2,(H2,12,15). The van der Waals surface area contributed by atoms with Gasteiger partial charge in [-0.15, -0.1) is 0 Å². The van der Waals surface area contributed by atoms with Crippen LogP contribution in [0.25, 0.3) is 11.5 Å². The van der Waals surface area contributed by atoms with Crippen LogP contribution in [-0.2, 0) is 0 Å². The van der Waals surface area contributed by atoms with Crippen LogP contribution in [0.2, 0.25) is 5.02 Å². The lowest BCUT2D eigenvalue weighted by Crippen LogP contribution is -2.12. The number of anilines is 1. The average Bonchev–Trinajstić information content (AvgIpc) is 2.70. The van der Waals surface area contributed by atoms with Crippen molar-refractivity contribution in [2.75, 3.05) is 5.73 Å². The van der Waals surface area contributed by atoms with E-state index in [1.165, 1.54) is 0 Å². The van der Waals surface area contributed by atoms with Gasteiger partial charge in [0.15, 0.2) is 0 Å². The van der Waals surface area contributed by atoms with E-state index < -0.39 is 5.91 Å². The van der Waals surface area contributed by atoms with Crippen molar-refractivity contribution in [2.24, 2.45) is 5.73 Å². The zero-order valence-corrected chi connectivity index (χ0v) is 8.73. The summed E-state index contributed by atoms with van der Waals surface area (Å²) in [6, 6.07) is 4.80. The lowest BCUT2D eigenvalue weighted by molar-refractivity contribution is 0.0987. The molecule has 1 aromatic carbocycles. The molecule has 2 aromatic rings. The summed E-state index contributed by atoms with van der Waals surface area (Å²) in [6.45, 7) is 0. The van der Waals surface area contributed by atoms with Gasteiger partial charge in [0.1, 0.15) is 0 Å². The van der Waals surface area contributed by atoms with Crippen LogP contribution in [0.4, 0.5) is 5.69 Å². The van der Waals surface area contributed by atoms with Gasteiger partial charge in [0.25, 0.3) is 17.6 Å². The molecule has 0 saturated heterocycles. The molecular weight excluding hydrogens is 232 g/mol. The largest absolute Gasteiger partial charge is 0.398 e. The Morgan fingerprint density at radius 3 is 2.81 bits per heavy atom. The smallest absolute Gasteiger partial charge is 0.290 e. The summed E-state index contributed by atoms with van der Waals surface area (Å²) >= 11 is 5.80. The molecule has 16 heavy (non-hydrogen) atoms. The third-order valence-corrected chi connectivity index (χ3v) is 2.13. The Labute approximate surface area is 95.2 Å². The Morgan fingerprint density at radius 1 is 1.44 bits per heavy atom. The second-order valence-electron chi connectivity index (χ2n) is 3.02. The second-order valence-corrected chi connectivity index (χ2v) is 3.46. The van der Waals surface area contributed by atoms with Crippen molar-refractivity contribution in [3.8, 4) is 11.5 Å². The number of rotatable bonds is 2. The van der Waals surface area contributed by atoms with E-state index in [2.05, 4.69) is 10.1 Å². The Morgan fingerprint density at radius 2 is 2.19 bits per heavy atom. The molecule has 0 aliphatic heterocycles. The van der Waals surface area contributed by atoms with Gasteiger partial charge >= 0.3 is 0 Å². The number of hydrogen-bond donors (Lipinski definition) is 2. The molecule has 0 bridgehead atoms. The highest BCUT2D eigenvalue weighted by Crippen LogP contribution is 2.27. The first-order chi connectivity index (χ1) is 7.58. The molecule has 1 aromatic heterocycles. The van der Waals surface area contributed by atoms with Crippen molar-refractivity contribution in [2.45, 2.75) is 0 Å². The lowest BCUT2D eigenvalue weighted by Gasteiger charge is -1.99. The number of carbonyl (C=O) groups excluding carboxylic acids is 1. The second kappa shape index (κ2) is 3.82. The minimum atomic E-state index is -0.768. The first-order valence-corrected chi connectivity index (χ1v) is 4.64. The summed E-state index contributed by atoms with van der Waals surface area (Å²) in [6.07, 6.45) is 0. The summed E-state index contributed by atoms with van der Waals surface area (Å²) in [4.78, 5) is 14.6. The fourth-order valence-corrected chi connectivity index (χ4v) is 1.32. The van der Waals surface area contributed by atoms with Crippen LogP contribution in [0.15, 0.2) is 22.7 Å². The number of halogens is 1. The number of nitrogens with zero attached hydrogens (tertiary/aromatic N) is 2. The topological polar surface area (TPSA) is 108 Å². The molecule has 0 atom stereocenters. The molecule has 2 rings (SSSR count). The summed E-state index contributed by atoms with van der Waals surface area (Å²) in [5, 5.41) is 3.88. The highest BCUT2D eigenvalue weighted by atomic mass is 35.5. The van der Waals surface area contributed by atoms with E-state index in [0.29, 0.717) is 16.3 Å². The Kier molecular flexibility index (Phi) is 2.49. The minimum Gasteiger partial charge on any atom is -0.398 e. The van der Waals surface area contributed by atoms with Crippen LogP contribution < -0.4 is 11.5 Å². The Balaban J connectivity index is 2.50. The fraction of sp³-hybridized carbons (Fsp3) is 0. The van der Waals surface area contributed by atoms with E-state index >= 15 is 0 Å². The molecular formula is C9H7ClN4O2. The van der Waals surface area contributed by atoms with Crippen molar-refractivity contribution in [3.63, 3.8) is 0 Å². The molecule has 0 saturated carbocycles. The zero-order chi connectivity index (χ0) is 11.7. The summed E-state index contributed by atoms with van der Waals surface area (Å²) in [5.41, 5.74) is 11.6. The van der Waals surface area contributed by atoms with Crippen LogP contribution in [0.5, 0.6) is 0 Å². The van der Waals surface area contributed by atoms with Gasteiger partial charge < -0.3 is 16.0 Å². The summed E-state index contributed by atoms with van der Waals surface area (Å²) in [5.74, 6) is -0.862. The molecule has 1 amide bonds. The first kappa shape index (κ1) is 10.4. The quantitative estimate of drug-likeness (QED) is 0.761. The first-order valence-electron chi connectivity index (χ1n) is 4.27. The Bertz CT molecular complexity index is 552. The highest BCUT2D eigenvalue weighted by Gasteiger charge is 2.14. The number of nitrogen functional groups attached to an aromatic ring is 1. The maximum absolute atomic E-state index is 10.8. The molecule has 6 nitrogen and oxygen atoms in total. The van der Waals surface area contributed by atoms with Crippen LogP contribution in [0, 0.1) is 0 Å². The molecule has 0 unspecified atom stereocenters. The number of aromatic nitrogens is 2. The predicted molar refractivity (Wildman–Crippen MR) is 57.7 cm³/mol. The van der Waals surface area contributed by atoms with Crippen molar-refractivity contribution in [1.82, 2.24) is 10.1 Å². The molecule has 82 valence electrons. The van der Waals surface area contributed by atoms with Crippen molar-refractivity contribution >= 4 is 23.2 Å². The van der Waals surface area contributed by atoms with Crippen LogP contribution >= 0.6 is 11.6 Å². The van der Waals surface area contributed by atoms with Crippen molar-refractivity contribution in [3.05, 3.63) is 29.0 Å². The zero-order valence-electron chi connectivity index (χ0n) is 7.98. The normalized spacial score (nSPS) is 10.3. The van der Waals surface area contributed by atoms with E-state index in [1.54, 1.807) is 18.2 Å². The van der Waals surface area contributed by atoms with Gasteiger partial charge in [-0.2, -0.15) is 4.98 Å². The summed E-state index contributed by atoms with van der Waals surface area (Å²) in [7, 11) is 0. The molecule has 0 aliphatic carbocycles. The third-order valence-electron chi connectivity index (χ3n) is 1.89. The number of nitrogens with two attached hydrogens (primary N) is 2. The number of carbonyl (C=O) groups is 1. The van der Waals surface area contributed by atoms with Crippen LogP contribution in [0.1, 0.15) is 10.6 Å². The highest BCUT2D eigenvalue weighted by molar-refractivity contribution is 6.31. The number of benzene rings is 1. The van der Waals surface area contributed by atoms with E-state index in [0.717, 1.165) is 0 Å². The third kappa shape index (κ3) is 1.82. The molecule has 4 N–H and O–H groups in total. The molecule has 7 heteroatoms. The molecule has 0 spiro atoms. The van der Waals surface area contributed by atoms with E-state index in [9.17, 15) is 4.79 Å². The van der Waals surface area contributed by atoms with Gasteiger partial charge in [-0.05, 0) is 18.2 Å². The summed E-state index contributed by atoms with van der Waals surface area (Å²) < 4.78 is 4.85. The number of primary amides is 1. The van der Waals surface area contributed by atoms with Crippen molar-refractivity contribution in [1.29, 1.82) is 0 Å². The average molecular weight is 239 g/mol. The van der Waals surface area contributed by atoms with E-state index in [4.69, 9.17) is 27.6 Å². The molecule has 0 fully saturated rings.